The lowest BCUT2D eigenvalue weighted by molar-refractivity contribution is -0.0512. The fourth-order valence-electron chi connectivity index (χ4n) is 5.78. The van der Waals surface area contributed by atoms with Crippen molar-refractivity contribution in [3.8, 4) is 0 Å². The minimum Gasteiger partial charge on any atom is -0.292 e. The van der Waals surface area contributed by atoms with Crippen LogP contribution in [0.3, 0.4) is 0 Å². The number of hydrogen-bond acceptors (Lipinski definition) is 1. The van der Waals surface area contributed by atoms with E-state index in [4.69, 9.17) is 0 Å². The van der Waals surface area contributed by atoms with Gasteiger partial charge in [0.25, 0.3) is 0 Å². The van der Waals surface area contributed by atoms with E-state index in [0.717, 1.165) is 17.8 Å². The van der Waals surface area contributed by atoms with Gasteiger partial charge in [0, 0.05) is 12.1 Å². The van der Waals surface area contributed by atoms with Gasteiger partial charge < -0.3 is 0 Å². The molecule has 1 saturated heterocycles. The first-order chi connectivity index (χ1) is 12.4. The van der Waals surface area contributed by atoms with Crippen molar-refractivity contribution < 1.29 is 0 Å². The summed E-state index contributed by atoms with van der Waals surface area (Å²) in [5.41, 5.74) is 3.39. The van der Waals surface area contributed by atoms with Crippen LogP contribution in [-0.4, -0.2) is 11.9 Å². The summed E-state index contributed by atoms with van der Waals surface area (Å²) in [5, 5.41) is 0. The van der Waals surface area contributed by atoms with Gasteiger partial charge in [0.2, 0.25) is 0 Å². The smallest absolute Gasteiger partial charge is 0.0379 e. The molecule has 138 valence electrons. The molecule has 2 bridgehead atoms. The molecule has 1 nitrogen and oxygen atoms in total. The Hall–Kier alpha value is -1.60. The number of piperidine rings is 1. The highest BCUT2D eigenvalue weighted by Gasteiger charge is 2.48. The van der Waals surface area contributed by atoms with Crippen molar-refractivity contribution >= 4 is 0 Å². The second kappa shape index (κ2) is 6.85. The molecule has 2 aromatic rings. The summed E-state index contributed by atoms with van der Waals surface area (Å²) in [6.45, 7) is 7.33. The van der Waals surface area contributed by atoms with Crippen LogP contribution in [0.1, 0.15) is 63.2 Å². The number of nitrogens with zero attached hydrogens (tertiary/aromatic N) is 1. The van der Waals surface area contributed by atoms with Gasteiger partial charge in [-0.05, 0) is 60.6 Å². The lowest BCUT2D eigenvalue weighted by Crippen LogP contribution is -2.48. The van der Waals surface area contributed by atoms with Crippen molar-refractivity contribution in [3.05, 3.63) is 71.8 Å². The molecule has 0 N–H and O–H groups in total. The average molecular weight is 348 g/mol. The molecule has 0 aromatic heterocycles. The number of fused-ring (bicyclic) bond motifs is 2. The quantitative estimate of drug-likeness (QED) is 0.600. The summed E-state index contributed by atoms with van der Waals surface area (Å²) < 4.78 is 0. The summed E-state index contributed by atoms with van der Waals surface area (Å²) in [7, 11) is 2.37. The Bertz CT molecular complexity index is 659. The predicted octanol–water partition coefficient (Wildman–Crippen LogP) is 6.49. The molecular weight excluding hydrogens is 314 g/mol. The minimum absolute atomic E-state index is 0.398. The van der Waals surface area contributed by atoms with Gasteiger partial charge in [0.05, 0.1) is 0 Å². The van der Waals surface area contributed by atoms with Crippen LogP contribution >= 0.6 is 0 Å². The molecule has 1 heterocycles. The minimum atomic E-state index is 0.398. The molecule has 1 aliphatic carbocycles. The number of rotatable bonds is 2. The largest absolute Gasteiger partial charge is 0.292 e. The van der Waals surface area contributed by atoms with Gasteiger partial charge in [-0.25, -0.2) is 0 Å². The van der Waals surface area contributed by atoms with Crippen LogP contribution < -0.4 is 0 Å². The van der Waals surface area contributed by atoms with Crippen molar-refractivity contribution in [1.82, 2.24) is 4.90 Å². The average Bonchev–Trinajstić information content (AvgIpc) is 2.62. The van der Waals surface area contributed by atoms with E-state index < -0.39 is 0 Å². The van der Waals surface area contributed by atoms with E-state index in [1.54, 1.807) is 0 Å². The van der Waals surface area contributed by atoms with Crippen LogP contribution in [0.2, 0.25) is 0 Å². The molecule has 1 unspecified atom stereocenters. The zero-order valence-corrected chi connectivity index (χ0v) is 16.7. The Morgan fingerprint density at radius 3 is 1.50 bits per heavy atom. The standard InChI is InChI=1S/C25H33N/c1-25(2,3)22-16-20-15-21(17-22)24(19-13-9-6-10-14-19)26(4)23(20)18-11-7-5-8-12-18/h5-14,20-24H,15-17H2,1-4H3/t20-,21+,22?,23+,24-. The molecular formula is C25H33N. The number of hydrogen-bond donors (Lipinski definition) is 0. The topological polar surface area (TPSA) is 3.24 Å². The third kappa shape index (κ3) is 3.22. The number of benzene rings is 2. The highest BCUT2D eigenvalue weighted by molar-refractivity contribution is 5.26. The van der Waals surface area contributed by atoms with Crippen LogP contribution in [0.5, 0.6) is 0 Å². The first-order valence-electron chi connectivity index (χ1n) is 10.3. The van der Waals surface area contributed by atoms with Gasteiger partial charge in [0.15, 0.2) is 0 Å². The Balaban J connectivity index is 1.75. The number of likely N-dealkylation sites (tertiary alicyclic amines) is 1. The SMILES string of the molecule is CN1[C@H](c2ccccc2)[C@@H]2CC(C(C)(C)C)C[C@@H](C2)[C@@H]1c1ccccc1. The highest BCUT2D eigenvalue weighted by Crippen LogP contribution is 2.56. The van der Waals surface area contributed by atoms with Crippen molar-refractivity contribution in [3.63, 3.8) is 0 Å². The summed E-state index contributed by atoms with van der Waals surface area (Å²) in [6.07, 6.45) is 4.10. The van der Waals surface area contributed by atoms with Crippen molar-refractivity contribution in [2.75, 3.05) is 7.05 Å². The van der Waals surface area contributed by atoms with E-state index >= 15 is 0 Å². The molecule has 0 radical (unpaired) electrons. The van der Waals surface area contributed by atoms with Crippen molar-refractivity contribution in [2.24, 2.45) is 23.2 Å². The van der Waals surface area contributed by atoms with Gasteiger partial charge >= 0.3 is 0 Å². The molecule has 2 aromatic carbocycles. The Labute approximate surface area is 159 Å². The van der Waals surface area contributed by atoms with Crippen LogP contribution in [-0.2, 0) is 0 Å². The zero-order valence-electron chi connectivity index (χ0n) is 16.7. The lowest BCUT2D eigenvalue weighted by atomic mass is 9.59. The Morgan fingerprint density at radius 2 is 1.12 bits per heavy atom. The van der Waals surface area contributed by atoms with Gasteiger partial charge in [-0.1, -0.05) is 81.4 Å². The molecule has 26 heavy (non-hydrogen) atoms. The Kier molecular flexibility index (Phi) is 4.69. The highest BCUT2D eigenvalue weighted by atomic mass is 15.2. The van der Waals surface area contributed by atoms with Crippen LogP contribution in [0.4, 0.5) is 0 Å². The predicted molar refractivity (Wildman–Crippen MR) is 110 cm³/mol. The molecule has 0 spiro atoms. The van der Waals surface area contributed by atoms with Crippen LogP contribution in [0.15, 0.2) is 60.7 Å². The third-order valence-corrected chi connectivity index (χ3v) is 7.06. The second-order valence-corrected chi connectivity index (χ2v) is 9.67. The summed E-state index contributed by atoms with van der Waals surface area (Å²) in [4.78, 5) is 2.70. The summed E-state index contributed by atoms with van der Waals surface area (Å²) in [5.74, 6) is 2.35. The molecule has 1 saturated carbocycles. The van der Waals surface area contributed by atoms with E-state index in [1.165, 1.54) is 30.4 Å². The normalized spacial score (nSPS) is 32.4. The monoisotopic (exact) mass is 347 g/mol. The molecule has 2 aliphatic rings. The molecule has 2 fully saturated rings. The van der Waals surface area contributed by atoms with E-state index in [0.29, 0.717) is 17.5 Å². The molecule has 0 amide bonds. The van der Waals surface area contributed by atoms with Crippen molar-refractivity contribution in [1.29, 1.82) is 0 Å². The van der Waals surface area contributed by atoms with E-state index in [2.05, 4.69) is 93.4 Å². The molecule has 1 heteroatoms. The lowest BCUT2D eigenvalue weighted by Gasteiger charge is -2.55. The Morgan fingerprint density at radius 1 is 0.692 bits per heavy atom. The maximum atomic E-state index is 2.70. The van der Waals surface area contributed by atoms with E-state index in [-0.39, 0.29) is 0 Å². The van der Waals surface area contributed by atoms with Crippen LogP contribution in [0, 0.1) is 23.2 Å². The van der Waals surface area contributed by atoms with Gasteiger partial charge in [-0.3, -0.25) is 4.90 Å². The maximum Gasteiger partial charge on any atom is 0.0379 e. The summed E-state index contributed by atoms with van der Waals surface area (Å²) in [6, 6.07) is 23.5. The van der Waals surface area contributed by atoms with Crippen LogP contribution in [0.25, 0.3) is 0 Å². The first-order valence-corrected chi connectivity index (χ1v) is 10.3. The van der Waals surface area contributed by atoms with Gasteiger partial charge in [-0.15, -0.1) is 0 Å². The maximum absolute atomic E-state index is 2.70. The molecule has 5 atom stereocenters. The third-order valence-electron chi connectivity index (χ3n) is 7.06. The summed E-state index contributed by atoms with van der Waals surface area (Å²) >= 11 is 0. The van der Waals surface area contributed by atoms with E-state index in [1.807, 2.05) is 0 Å². The van der Waals surface area contributed by atoms with Gasteiger partial charge in [0.1, 0.15) is 0 Å². The second-order valence-electron chi connectivity index (χ2n) is 9.67. The van der Waals surface area contributed by atoms with Crippen molar-refractivity contribution in [2.45, 2.75) is 52.1 Å². The fourth-order valence-corrected chi connectivity index (χ4v) is 5.78. The fraction of sp³-hybridized carbons (Fsp3) is 0.520. The van der Waals surface area contributed by atoms with Gasteiger partial charge in [-0.2, -0.15) is 0 Å². The first kappa shape index (κ1) is 17.8. The molecule has 4 rings (SSSR count). The van der Waals surface area contributed by atoms with E-state index in [9.17, 15) is 0 Å². The molecule has 1 aliphatic heterocycles. The zero-order chi connectivity index (χ0) is 18.3.